The van der Waals surface area contributed by atoms with E-state index in [1.807, 2.05) is 12.1 Å². The van der Waals surface area contributed by atoms with Crippen molar-refractivity contribution in [2.75, 3.05) is 20.8 Å². The van der Waals surface area contributed by atoms with E-state index < -0.39 is 0 Å². The van der Waals surface area contributed by atoms with Crippen molar-refractivity contribution in [3.8, 4) is 11.5 Å². The Balaban J connectivity index is 2.24. The van der Waals surface area contributed by atoms with Crippen LogP contribution in [0.25, 0.3) is 0 Å². The van der Waals surface area contributed by atoms with Crippen LogP contribution in [0.3, 0.4) is 0 Å². The fraction of sp³-hybridized carbons (Fsp3) is 0.625. The fourth-order valence-corrected chi connectivity index (χ4v) is 3.08. The van der Waals surface area contributed by atoms with Crippen molar-refractivity contribution in [1.29, 1.82) is 0 Å². The Morgan fingerprint density at radius 1 is 1.30 bits per heavy atom. The Morgan fingerprint density at radius 3 is 2.55 bits per heavy atom. The molecule has 1 fully saturated rings. The second kappa shape index (κ2) is 7.19. The molecular formula is C16H24ClNO2. The summed E-state index contributed by atoms with van der Waals surface area (Å²) in [5.41, 5.74) is 1.18. The summed E-state index contributed by atoms with van der Waals surface area (Å²) in [5.74, 6) is 2.15. The minimum atomic E-state index is 0.336. The normalized spacial score (nSPS) is 16.6. The van der Waals surface area contributed by atoms with Crippen LogP contribution in [-0.4, -0.2) is 20.8 Å². The van der Waals surface area contributed by atoms with Gasteiger partial charge >= 0.3 is 0 Å². The SMILES string of the molecule is CCNC(CC1CCC1)c1cc(Cl)c(OC)c(OC)c1. The number of benzene rings is 1. The van der Waals surface area contributed by atoms with Gasteiger partial charge in [0.1, 0.15) is 0 Å². The van der Waals surface area contributed by atoms with E-state index in [1.54, 1.807) is 14.2 Å². The molecule has 0 heterocycles. The first-order chi connectivity index (χ1) is 9.69. The van der Waals surface area contributed by atoms with Gasteiger partial charge in [0, 0.05) is 6.04 Å². The van der Waals surface area contributed by atoms with Gasteiger partial charge in [0.2, 0.25) is 0 Å². The van der Waals surface area contributed by atoms with Crippen LogP contribution in [0.5, 0.6) is 11.5 Å². The van der Waals surface area contributed by atoms with Gasteiger partial charge in [0.25, 0.3) is 0 Å². The van der Waals surface area contributed by atoms with Crippen molar-refractivity contribution in [1.82, 2.24) is 5.32 Å². The Morgan fingerprint density at radius 2 is 2.05 bits per heavy atom. The maximum atomic E-state index is 6.31. The topological polar surface area (TPSA) is 30.5 Å². The van der Waals surface area contributed by atoms with Crippen LogP contribution in [0.1, 0.15) is 44.2 Å². The highest BCUT2D eigenvalue weighted by Gasteiger charge is 2.24. The molecule has 1 aromatic carbocycles. The lowest BCUT2D eigenvalue weighted by Crippen LogP contribution is -2.26. The predicted molar refractivity (Wildman–Crippen MR) is 82.9 cm³/mol. The molecule has 0 amide bonds. The molecule has 0 aliphatic heterocycles. The number of nitrogens with one attached hydrogen (secondary N) is 1. The van der Waals surface area contributed by atoms with Crippen molar-refractivity contribution in [3.05, 3.63) is 22.7 Å². The Kier molecular flexibility index (Phi) is 5.55. The molecule has 0 aromatic heterocycles. The lowest BCUT2D eigenvalue weighted by molar-refractivity contribution is 0.262. The summed E-state index contributed by atoms with van der Waals surface area (Å²) in [6, 6.07) is 4.37. The molecular weight excluding hydrogens is 274 g/mol. The minimum absolute atomic E-state index is 0.336. The first-order valence-corrected chi connectivity index (χ1v) is 7.72. The van der Waals surface area contributed by atoms with Gasteiger partial charge in [0.05, 0.1) is 19.2 Å². The van der Waals surface area contributed by atoms with Crippen LogP contribution in [0, 0.1) is 5.92 Å². The van der Waals surface area contributed by atoms with Crippen molar-refractivity contribution < 1.29 is 9.47 Å². The number of hydrogen-bond acceptors (Lipinski definition) is 3. The third-order valence-corrected chi connectivity index (χ3v) is 4.38. The molecule has 1 saturated carbocycles. The minimum Gasteiger partial charge on any atom is -0.493 e. The van der Waals surface area contributed by atoms with Gasteiger partial charge in [-0.05, 0) is 36.6 Å². The van der Waals surface area contributed by atoms with E-state index in [-0.39, 0.29) is 0 Å². The fourth-order valence-electron chi connectivity index (χ4n) is 2.78. The Bertz CT molecular complexity index is 446. The molecule has 1 N–H and O–H groups in total. The van der Waals surface area contributed by atoms with Crippen LogP contribution in [0.4, 0.5) is 0 Å². The number of rotatable bonds is 7. The molecule has 1 atom stereocenters. The molecule has 0 bridgehead atoms. The van der Waals surface area contributed by atoms with Crippen molar-refractivity contribution in [3.63, 3.8) is 0 Å². The Hall–Kier alpha value is -0.930. The summed E-state index contributed by atoms with van der Waals surface area (Å²) in [6.07, 6.45) is 5.24. The number of methoxy groups -OCH3 is 2. The van der Waals surface area contributed by atoms with Crippen molar-refractivity contribution in [2.24, 2.45) is 5.92 Å². The molecule has 112 valence electrons. The zero-order valence-electron chi connectivity index (χ0n) is 12.5. The summed E-state index contributed by atoms with van der Waals surface area (Å²) >= 11 is 6.31. The largest absolute Gasteiger partial charge is 0.493 e. The number of halogens is 1. The molecule has 1 aromatic rings. The lowest BCUT2D eigenvalue weighted by atomic mass is 9.79. The zero-order valence-corrected chi connectivity index (χ0v) is 13.3. The van der Waals surface area contributed by atoms with Crippen molar-refractivity contribution in [2.45, 2.75) is 38.6 Å². The first-order valence-electron chi connectivity index (χ1n) is 7.34. The zero-order chi connectivity index (χ0) is 14.5. The average molecular weight is 298 g/mol. The lowest BCUT2D eigenvalue weighted by Gasteiger charge is -2.30. The predicted octanol–water partition coefficient (Wildman–Crippen LogP) is 4.20. The van der Waals surface area contributed by atoms with Gasteiger partial charge < -0.3 is 14.8 Å². The van der Waals surface area contributed by atoms with E-state index in [9.17, 15) is 0 Å². The average Bonchev–Trinajstić information content (AvgIpc) is 2.40. The van der Waals surface area contributed by atoms with Crippen LogP contribution < -0.4 is 14.8 Å². The molecule has 1 aliphatic rings. The quantitative estimate of drug-likeness (QED) is 0.818. The van der Waals surface area contributed by atoms with Crippen LogP contribution in [0.15, 0.2) is 12.1 Å². The van der Waals surface area contributed by atoms with Crippen molar-refractivity contribution >= 4 is 11.6 Å². The summed E-state index contributed by atoms with van der Waals surface area (Å²) in [7, 11) is 3.26. The first kappa shape index (κ1) is 15.5. The highest BCUT2D eigenvalue weighted by Crippen LogP contribution is 2.40. The molecule has 4 heteroatoms. The van der Waals surface area contributed by atoms with Gasteiger partial charge in [-0.3, -0.25) is 0 Å². The van der Waals surface area contributed by atoms with E-state index in [2.05, 4.69) is 12.2 Å². The second-order valence-corrected chi connectivity index (χ2v) is 5.79. The molecule has 0 spiro atoms. The van der Waals surface area contributed by atoms with E-state index in [1.165, 1.54) is 31.2 Å². The Labute approximate surface area is 126 Å². The standard InChI is InChI=1S/C16H24ClNO2/c1-4-18-14(8-11-6-5-7-11)12-9-13(17)16(20-3)15(10-12)19-2/h9-11,14,18H,4-8H2,1-3H3. The molecule has 2 rings (SSSR count). The van der Waals surface area contributed by atoms with E-state index in [0.717, 1.165) is 12.5 Å². The smallest absolute Gasteiger partial charge is 0.179 e. The number of hydrogen-bond donors (Lipinski definition) is 1. The van der Waals surface area contributed by atoms with Crippen LogP contribution in [-0.2, 0) is 0 Å². The summed E-state index contributed by atoms with van der Waals surface area (Å²) in [6.45, 7) is 3.08. The number of ether oxygens (including phenoxy) is 2. The summed E-state index contributed by atoms with van der Waals surface area (Å²) in [4.78, 5) is 0. The summed E-state index contributed by atoms with van der Waals surface area (Å²) in [5, 5.41) is 4.17. The van der Waals surface area contributed by atoms with Crippen LogP contribution >= 0.6 is 11.6 Å². The van der Waals surface area contributed by atoms with Gasteiger partial charge in [-0.2, -0.15) is 0 Å². The van der Waals surface area contributed by atoms with Gasteiger partial charge in [-0.1, -0.05) is 37.8 Å². The monoisotopic (exact) mass is 297 g/mol. The van der Waals surface area contributed by atoms with Gasteiger partial charge in [-0.25, -0.2) is 0 Å². The second-order valence-electron chi connectivity index (χ2n) is 5.38. The van der Waals surface area contributed by atoms with Gasteiger partial charge in [-0.15, -0.1) is 0 Å². The van der Waals surface area contributed by atoms with E-state index in [4.69, 9.17) is 21.1 Å². The molecule has 1 aliphatic carbocycles. The molecule has 1 unspecified atom stereocenters. The molecule has 3 nitrogen and oxygen atoms in total. The maximum Gasteiger partial charge on any atom is 0.179 e. The molecule has 20 heavy (non-hydrogen) atoms. The van der Waals surface area contributed by atoms with E-state index >= 15 is 0 Å². The summed E-state index contributed by atoms with van der Waals surface area (Å²) < 4.78 is 10.7. The van der Waals surface area contributed by atoms with Gasteiger partial charge in [0.15, 0.2) is 11.5 Å². The molecule has 0 radical (unpaired) electrons. The van der Waals surface area contributed by atoms with E-state index in [0.29, 0.717) is 22.6 Å². The third-order valence-electron chi connectivity index (χ3n) is 4.10. The maximum absolute atomic E-state index is 6.31. The highest BCUT2D eigenvalue weighted by atomic mass is 35.5. The third kappa shape index (κ3) is 3.39. The molecule has 0 saturated heterocycles. The van der Waals surface area contributed by atoms with Crippen LogP contribution in [0.2, 0.25) is 5.02 Å². The highest BCUT2D eigenvalue weighted by molar-refractivity contribution is 6.32.